The van der Waals surface area contributed by atoms with Crippen molar-refractivity contribution in [3.05, 3.63) is 92.8 Å². The fourth-order valence-electron chi connectivity index (χ4n) is 2.98. The van der Waals surface area contributed by atoms with Crippen LogP contribution in [0.15, 0.2) is 75.9 Å². The van der Waals surface area contributed by atoms with Crippen LogP contribution in [0.2, 0.25) is 10.0 Å². The van der Waals surface area contributed by atoms with Crippen molar-refractivity contribution in [3.8, 4) is 22.6 Å². The molecule has 0 unspecified atom stereocenters. The molecule has 0 amide bonds. The second kappa shape index (κ2) is 8.19. The molecular weight excluding hydrogens is 411 g/mol. The Labute approximate surface area is 177 Å². The van der Waals surface area contributed by atoms with E-state index in [-0.39, 0.29) is 6.61 Å². The van der Waals surface area contributed by atoms with Gasteiger partial charge in [-0.15, -0.1) is 0 Å². The predicted molar refractivity (Wildman–Crippen MR) is 115 cm³/mol. The van der Waals surface area contributed by atoms with Gasteiger partial charge in [-0.3, -0.25) is 0 Å². The van der Waals surface area contributed by atoms with Gasteiger partial charge in [0.25, 0.3) is 0 Å². The van der Waals surface area contributed by atoms with Crippen molar-refractivity contribution in [2.24, 2.45) is 0 Å². The van der Waals surface area contributed by atoms with Crippen molar-refractivity contribution in [3.63, 3.8) is 0 Å². The average molecular weight is 427 g/mol. The lowest BCUT2D eigenvalue weighted by Gasteiger charge is -2.10. The first-order valence-corrected chi connectivity index (χ1v) is 9.59. The maximum atomic E-state index is 12.5. The van der Waals surface area contributed by atoms with Crippen molar-refractivity contribution in [1.29, 1.82) is 0 Å². The molecule has 0 aliphatic carbocycles. The molecule has 29 heavy (non-hydrogen) atoms. The summed E-state index contributed by atoms with van der Waals surface area (Å²) < 4.78 is 16.5. The first-order valence-electron chi connectivity index (χ1n) is 8.83. The van der Waals surface area contributed by atoms with Gasteiger partial charge in [-0.2, -0.15) is 0 Å². The highest BCUT2D eigenvalue weighted by Crippen LogP contribution is 2.28. The third-order valence-electron chi connectivity index (χ3n) is 4.55. The zero-order chi connectivity index (χ0) is 20.4. The number of halogens is 2. The lowest BCUT2D eigenvalue weighted by molar-refractivity contribution is 0.306. The number of hydrogen-bond donors (Lipinski definition) is 0. The molecule has 0 aliphatic heterocycles. The molecule has 0 atom stereocenters. The van der Waals surface area contributed by atoms with E-state index in [2.05, 4.69) is 0 Å². The van der Waals surface area contributed by atoms with Gasteiger partial charge in [0.1, 0.15) is 23.7 Å². The highest BCUT2D eigenvalue weighted by Gasteiger charge is 2.10. The summed E-state index contributed by atoms with van der Waals surface area (Å²) in [4.78, 5) is 12.5. The Morgan fingerprint density at radius 3 is 2.28 bits per heavy atom. The van der Waals surface area contributed by atoms with E-state index in [1.807, 2.05) is 24.3 Å². The first kappa shape index (κ1) is 19.4. The number of hydrogen-bond acceptors (Lipinski definition) is 4. The standard InChI is InChI=1S/C23H16Cl2O4/c1-27-16-8-5-14(6-9-16)18-11-15-7-10-17(12-22(15)29-23(18)26)28-13-19-20(24)3-2-4-21(19)25/h2-12H,13H2,1H3. The van der Waals surface area contributed by atoms with E-state index in [0.29, 0.717) is 32.5 Å². The lowest BCUT2D eigenvalue weighted by Crippen LogP contribution is -2.03. The van der Waals surface area contributed by atoms with Crippen LogP contribution in [0.1, 0.15) is 5.56 Å². The van der Waals surface area contributed by atoms with Gasteiger partial charge in [0.15, 0.2) is 0 Å². The molecule has 1 aromatic heterocycles. The molecular formula is C23H16Cl2O4. The van der Waals surface area contributed by atoms with E-state index in [1.54, 1.807) is 49.6 Å². The summed E-state index contributed by atoms with van der Waals surface area (Å²) in [5, 5.41) is 1.86. The number of methoxy groups -OCH3 is 1. The zero-order valence-corrected chi connectivity index (χ0v) is 17.0. The fourth-order valence-corrected chi connectivity index (χ4v) is 3.49. The van der Waals surface area contributed by atoms with Gasteiger partial charge >= 0.3 is 5.63 Å². The second-order valence-electron chi connectivity index (χ2n) is 6.36. The SMILES string of the molecule is COc1ccc(-c2cc3ccc(OCc4c(Cl)cccc4Cl)cc3oc2=O)cc1. The summed E-state index contributed by atoms with van der Waals surface area (Å²) in [6.45, 7) is 0.207. The summed E-state index contributed by atoms with van der Waals surface area (Å²) in [6, 6.07) is 19.7. The number of rotatable bonds is 5. The molecule has 0 aliphatic rings. The Morgan fingerprint density at radius 2 is 1.59 bits per heavy atom. The highest BCUT2D eigenvalue weighted by molar-refractivity contribution is 6.35. The minimum Gasteiger partial charge on any atom is -0.497 e. The third kappa shape index (κ3) is 4.09. The molecule has 0 fully saturated rings. The summed E-state index contributed by atoms with van der Waals surface area (Å²) in [7, 11) is 1.60. The molecule has 4 rings (SSSR count). The van der Waals surface area contributed by atoms with Gasteiger partial charge in [0, 0.05) is 27.1 Å². The van der Waals surface area contributed by atoms with E-state index >= 15 is 0 Å². The molecule has 0 N–H and O–H groups in total. The Balaban J connectivity index is 1.62. The number of fused-ring (bicyclic) bond motifs is 1. The van der Waals surface area contributed by atoms with Crippen LogP contribution in [0.3, 0.4) is 0 Å². The van der Waals surface area contributed by atoms with Crippen LogP contribution >= 0.6 is 23.2 Å². The molecule has 0 saturated heterocycles. The van der Waals surface area contributed by atoms with Crippen molar-refractivity contribution in [1.82, 2.24) is 0 Å². The van der Waals surface area contributed by atoms with Crippen LogP contribution in [0.4, 0.5) is 0 Å². The summed E-state index contributed by atoms with van der Waals surface area (Å²) in [5.41, 5.74) is 1.96. The van der Waals surface area contributed by atoms with Crippen LogP contribution in [0.5, 0.6) is 11.5 Å². The third-order valence-corrected chi connectivity index (χ3v) is 5.26. The van der Waals surface area contributed by atoms with Crippen LogP contribution in [0, 0.1) is 0 Å². The van der Waals surface area contributed by atoms with Crippen molar-refractivity contribution < 1.29 is 13.9 Å². The highest BCUT2D eigenvalue weighted by atomic mass is 35.5. The molecule has 4 nitrogen and oxygen atoms in total. The Bertz CT molecular complexity index is 1210. The van der Waals surface area contributed by atoms with Crippen LogP contribution in [-0.2, 0) is 6.61 Å². The predicted octanol–water partition coefficient (Wildman–Crippen LogP) is 6.35. The maximum Gasteiger partial charge on any atom is 0.344 e. The molecule has 0 saturated carbocycles. The quantitative estimate of drug-likeness (QED) is 0.348. The Kier molecular flexibility index (Phi) is 5.47. The average Bonchev–Trinajstić information content (AvgIpc) is 2.73. The van der Waals surface area contributed by atoms with Gasteiger partial charge in [0.05, 0.1) is 12.7 Å². The summed E-state index contributed by atoms with van der Waals surface area (Å²) in [6.07, 6.45) is 0. The largest absolute Gasteiger partial charge is 0.497 e. The monoisotopic (exact) mass is 426 g/mol. The summed E-state index contributed by atoms with van der Waals surface area (Å²) in [5.74, 6) is 1.27. The normalized spacial score (nSPS) is 10.9. The molecule has 0 spiro atoms. The van der Waals surface area contributed by atoms with Crippen molar-refractivity contribution in [2.75, 3.05) is 7.11 Å². The lowest BCUT2D eigenvalue weighted by atomic mass is 10.1. The molecule has 0 radical (unpaired) electrons. The van der Waals surface area contributed by atoms with Crippen molar-refractivity contribution >= 4 is 34.2 Å². The smallest absolute Gasteiger partial charge is 0.344 e. The molecule has 0 bridgehead atoms. The molecule has 146 valence electrons. The Hall–Kier alpha value is -2.95. The number of benzene rings is 3. The molecule has 4 aromatic rings. The van der Waals surface area contributed by atoms with Crippen molar-refractivity contribution in [2.45, 2.75) is 6.61 Å². The van der Waals surface area contributed by atoms with Gasteiger partial charge in [0.2, 0.25) is 0 Å². The van der Waals surface area contributed by atoms with Gasteiger partial charge < -0.3 is 13.9 Å². The minimum absolute atomic E-state index is 0.207. The van der Waals surface area contributed by atoms with E-state index < -0.39 is 5.63 Å². The van der Waals surface area contributed by atoms with E-state index in [4.69, 9.17) is 37.1 Å². The zero-order valence-electron chi connectivity index (χ0n) is 15.4. The maximum absolute atomic E-state index is 12.5. The van der Waals surface area contributed by atoms with Gasteiger partial charge in [-0.05, 0) is 48.0 Å². The van der Waals surface area contributed by atoms with E-state index in [0.717, 1.165) is 16.7 Å². The van der Waals surface area contributed by atoms with E-state index in [9.17, 15) is 4.79 Å². The molecule has 1 heterocycles. The first-order chi connectivity index (χ1) is 14.0. The second-order valence-corrected chi connectivity index (χ2v) is 7.18. The Morgan fingerprint density at radius 1 is 0.897 bits per heavy atom. The molecule has 6 heteroatoms. The minimum atomic E-state index is -0.422. The van der Waals surface area contributed by atoms with E-state index in [1.165, 1.54) is 0 Å². The van der Waals surface area contributed by atoms with Gasteiger partial charge in [-0.1, -0.05) is 41.4 Å². The fraction of sp³-hybridized carbons (Fsp3) is 0.0870. The molecule has 3 aromatic carbocycles. The van der Waals surface area contributed by atoms with Crippen LogP contribution in [0.25, 0.3) is 22.1 Å². The summed E-state index contributed by atoms with van der Waals surface area (Å²) >= 11 is 12.3. The van der Waals surface area contributed by atoms with Gasteiger partial charge in [-0.25, -0.2) is 4.79 Å². The topological polar surface area (TPSA) is 48.7 Å². The van der Waals surface area contributed by atoms with Crippen LogP contribution in [-0.4, -0.2) is 7.11 Å². The van der Waals surface area contributed by atoms with Crippen LogP contribution < -0.4 is 15.1 Å². The number of ether oxygens (including phenoxy) is 2.